The number of hydrogen-bond donors (Lipinski definition) is 2. The molecule has 26 heavy (non-hydrogen) atoms. The Hall–Kier alpha value is -1.35. The molecule has 0 bridgehead atoms. The van der Waals surface area contributed by atoms with Gasteiger partial charge < -0.3 is 10.6 Å². The highest BCUT2D eigenvalue weighted by molar-refractivity contribution is 7.91. The number of benzene rings is 1. The molecule has 1 heterocycles. The van der Waals surface area contributed by atoms with E-state index in [9.17, 15) is 18.0 Å². The minimum Gasteiger partial charge on any atom is -0.351 e. The lowest BCUT2D eigenvalue weighted by molar-refractivity contribution is -0.123. The van der Waals surface area contributed by atoms with Gasteiger partial charge >= 0.3 is 0 Å². The van der Waals surface area contributed by atoms with Crippen LogP contribution in [0.3, 0.4) is 0 Å². The summed E-state index contributed by atoms with van der Waals surface area (Å²) in [5.74, 6) is -0.532. The molecule has 2 amide bonds. The summed E-state index contributed by atoms with van der Waals surface area (Å²) < 4.78 is 22.9. The summed E-state index contributed by atoms with van der Waals surface area (Å²) in [7, 11) is -3.05. The second-order valence-corrected chi connectivity index (χ2v) is 9.28. The maximum Gasteiger partial charge on any atom is 0.238 e. The van der Waals surface area contributed by atoms with Crippen LogP contribution in [0.1, 0.15) is 13.3 Å². The second-order valence-electron chi connectivity index (χ2n) is 6.18. The van der Waals surface area contributed by atoms with Gasteiger partial charge in [-0.25, -0.2) is 8.42 Å². The van der Waals surface area contributed by atoms with E-state index < -0.39 is 9.84 Å². The predicted octanol–water partition coefficient (Wildman–Crippen LogP) is 1.56. The zero-order valence-electron chi connectivity index (χ0n) is 14.3. The van der Waals surface area contributed by atoms with Gasteiger partial charge in [-0.2, -0.15) is 0 Å². The van der Waals surface area contributed by atoms with Crippen molar-refractivity contribution in [1.82, 2.24) is 10.2 Å². The Morgan fingerprint density at radius 1 is 1.15 bits per heavy atom. The number of nitrogens with zero attached hydrogens (tertiary/aromatic N) is 1. The quantitative estimate of drug-likeness (QED) is 0.696. The predicted molar refractivity (Wildman–Crippen MR) is 102 cm³/mol. The number of anilines is 1. The number of hydrogen-bond acceptors (Lipinski definition) is 5. The lowest BCUT2D eigenvalue weighted by Crippen LogP contribution is -2.44. The van der Waals surface area contributed by atoms with Gasteiger partial charge in [-0.05, 0) is 31.2 Å². The molecule has 144 valence electrons. The number of carbonyl (C=O) groups excluding carboxylic acids is 2. The molecule has 0 radical (unpaired) electrons. The molecule has 0 aromatic heterocycles. The van der Waals surface area contributed by atoms with Crippen molar-refractivity contribution in [1.29, 1.82) is 0 Å². The van der Waals surface area contributed by atoms with Crippen molar-refractivity contribution >= 4 is 50.5 Å². The van der Waals surface area contributed by atoms with Crippen molar-refractivity contribution in [2.24, 2.45) is 0 Å². The van der Waals surface area contributed by atoms with Gasteiger partial charge in [0.2, 0.25) is 11.8 Å². The average Bonchev–Trinajstić information content (AvgIpc) is 2.83. The smallest absolute Gasteiger partial charge is 0.238 e. The zero-order chi connectivity index (χ0) is 19.3. The van der Waals surface area contributed by atoms with E-state index in [1.165, 1.54) is 0 Å². The zero-order valence-corrected chi connectivity index (χ0v) is 16.6. The molecular weight excluding hydrogens is 401 g/mol. The third-order valence-corrected chi connectivity index (χ3v) is 6.13. The van der Waals surface area contributed by atoms with Gasteiger partial charge in [0.1, 0.15) is 0 Å². The van der Waals surface area contributed by atoms with E-state index in [1.54, 1.807) is 23.1 Å². The Kier molecular flexibility index (Phi) is 7.28. The molecule has 0 saturated carbocycles. The molecule has 1 saturated heterocycles. The number of sulfone groups is 1. The van der Waals surface area contributed by atoms with Crippen LogP contribution < -0.4 is 10.6 Å². The normalized spacial score (nSPS) is 18.7. The SMILES string of the molecule is CCN(CC(=O)Nc1cc(Cl)cc(Cl)c1)CC(=O)N[C@H]1CCS(=O)(=O)C1. The van der Waals surface area contributed by atoms with E-state index in [2.05, 4.69) is 10.6 Å². The Labute approximate surface area is 162 Å². The van der Waals surface area contributed by atoms with Crippen LogP contribution in [0.25, 0.3) is 0 Å². The van der Waals surface area contributed by atoms with Gasteiger partial charge in [-0.1, -0.05) is 30.1 Å². The fourth-order valence-electron chi connectivity index (χ4n) is 2.69. The molecule has 1 fully saturated rings. The monoisotopic (exact) mass is 421 g/mol. The summed E-state index contributed by atoms with van der Waals surface area (Å²) in [6.07, 6.45) is 0.427. The molecule has 1 aliphatic heterocycles. The van der Waals surface area contributed by atoms with E-state index in [0.29, 0.717) is 28.7 Å². The van der Waals surface area contributed by atoms with Crippen LogP contribution >= 0.6 is 23.2 Å². The number of rotatable bonds is 7. The Bertz CT molecular complexity index is 765. The topological polar surface area (TPSA) is 95.6 Å². The highest BCUT2D eigenvalue weighted by Crippen LogP contribution is 2.22. The minimum atomic E-state index is -3.05. The Morgan fingerprint density at radius 3 is 2.31 bits per heavy atom. The van der Waals surface area contributed by atoms with Crippen LogP contribution in [0.2, 0.25) is 10.0 Å². The molecule has 2 N–H and O–H groups in total. The van der Waals surface area contributed by atoms with E-state index in [-0.39, 0.29) is 42.5 Å². The number of nitrogens with one attached hydrogen (secondary N) is 2. The van der Waals surface area contributed by atoms with Gasteiger partial charge in [0.15, 0.2) is 9.84 Å². The van der Waals surface area contributed by atoms with E-state index in [0.717, 1.165) is 0 Å². The largest absolute Gasteiger partial charge is 0.351 e. The lowest BCUT2D eigenvalue weighted by atomic mass is 10.2. The first-order valence-corrected chi connectivity index (χ1v) is 10.7. The molecule has 0 spiro atoms. The highest BCUT2D eigenvalue weighted by Gasteiger charge is 2.29. The third kappa shape index (κ3) is 6.75. The Morgan fingerprint density at radius 2 is 1.77 bits per heavy atom. The molecule has 0 unspecified atom stereocenters. The fraction of sp³-hybridized carbons (Fsp3) is 0.500. The first kappa shape index (κ1) is 21.0. The van der Waals surface area contributed by atoms with Gasteiger partial charge in [0.05, 0.1) is 24.6 Å². The van der Waals surface area contributed by atoms with Crippen molar-refractivity contribution in [2.75, 3.05) is 36.5 Å². The second kappa shape index (κ2) is 9.03. The van der Waals surface area contributed by atoms with E-state index in [1.807, 2.05) is 6.92 Å². The fourth-order valence-corrected chi connectivity index (χ4v) is 4.89. The van der Waals surface area contributed by atoms with Gasteiger partial charge in [-0.15, -0.1) is 0 Å². The molecule has 1 aromatic rings. The van der Waals surface area contributed by atoms with Gasteiger partial charge in [-0.3, -0.25) is 14.5 Å². The van der Waals surface area contributed by atoms with Crippen molar-refractivity contribution in [3.63, 3.8) is 0 Å². The van der Waals surface area contributed by atoms with Crippen molar-refractivity contribution in [2.45, 2.75) is 19.4 Å². The van der Waals surface area contributed by atoms with Gasteiger partial charge in [0.25, 0.3) is 0 Å². The van der Waals surface area contributed by atoms with Crippen LogP contribution in [-0.2, 0) is 19.4 Å². The first-order chi connectivity index (χ1) is 12.2. The van der Waals surface area contributed by atoms with Crippen molar-refractivity contribution in [3.05, 3.63) is 28.2 Å². The Balaban J connectivity index is 1.84. The summed E-state index contributed by atoms with van der Waals surface area (Å²) in [5, 5.41) is 6.21. The summed E-state index contributed by atoms with van der Waals surface area (Å²) in [5.41, 5.74) is 0.476. The maximum absolute atomic E-state index is 12.2. The summed E-state index contributed by atoms with van der Waals surface area (Å²) in [6, 6.07) is 4.36. The lowest BCUT2D eigenvalue weighted by Gasteiger charge is -2.20. The number of amides is 2. The summed E-state index contributed by atoms with van der Waals surface area (Å²) in [4.78, 5) is 25.9. The van der Waals surface area contributed by atoms with E-state index in [4.69, 9.17) is 23.2 Å². The molecule has 1 atom stereocenters. The molecule has 1 aliphatic rings. The highest BCUT2D eigenvalue weighted by atomic mass is 35.5. The van der Waals surface area contributed by atoms with Crippen LogP contribution in [0.4, 0.5) is 5.69 Å². The number of carbonyl (C=O) groups is 2. The number of halogens is 2. The number of likely N-dealkylation sites (N-methyl/N-ethyl adjacent to an activating group) is 1. The third-order valence-electron chi connectivity index (χ3n) is 3.93. The first-order valence-electron chi connectivity index (χ1n) is 8.15. The average molecular weight is 422 g/mol. The van der Waals surface area contributed by atoms with Gasteiger partial charge in [0, 0.05) is 21.8 Å². The standard InChI is InChI=1S/C16H21Cl2N3O4S/c1-2-21(8-15(22)19-13-3-4-26(24,25)10-13)9-16(23)20-14-6-11(17)5-12(18)7-14/h5-7,13H,2-4,8-10H2,1H3,(H,19,22)(H,20,23)/t13-/m0/s1. The molecule has 10 heteroatoms. The van der Waals surface area contributed by atoms with Crippen LogP contribution in [0.15, 0.2) is 18.2 Å². The molecule has 7 nitrogen and oxygen atoms in total. The summed E-state index contributed by atoms with van der Waals surface area (Å²) in [6.45, 7) is 2.34. The molecule has 1 aromatic carbocycles. The molecule has 2 rings (SSSR count). The van der Waals surface area contributed by atoms with Crippen molar-refractivity contribution < 1.29 is 18.0 Å². The molecule has 0 aliphatic carbocycles. The van der Waals surface area contributed by atoms with Crippen LogP contribution in [0, 0.1) is 0 Å². The molecular formula is C16H21Cl2N3O4S. The van der Waals surface area contributed by atoms with E-state index >= 15 is 0 Å². The minimum absolute atomic E-state index is 0.0107. The van der Waals surface area contributed by atoms with Crippen LogP contribution in [0.5, 0.6) is 0 Å². The van der Waals surface area contributed by atoms with Crippen molar-refractivity contribution in [3.8, 4) is 0 Å². The van der Waals surface area contributed by atoms with Crippen LogP contribution in [-0.4, -0.2) is 62.3 Å². The maximum atomic E-state index is 12.2. The summed E-state index contributed by atoms with van der Waals surface area (Å²) >= 11 is 11.8.